The van der Waals surface area contributed by atoms with Crippen LogP contribution in [0.5, 0.6) is 5.75 Å². The lowest BCUT2D eigenvalue weighted by Crippen LogP contribution is -2.04. The number of para-hydroxylation sites is 1. The predicted molar refractivity (Wildman–Crippen MR) is 102 cm³/mol. The maximum Gasteiger partial charge on any atom is 0.229 e. The van der Waals surface area contributed by atoms with Crippen LogP contribution >= 0.6 is 23.2 Å². The minimum Gasteiger partial charge on any atom is -0.497 e. The molecule has 3 rings (SSSR count). The number of methoxy groups -OCH3 is 1. The molecule has 0 aliphatic carbocycles. The van der Waals surface area contributed by atoms with Crippen molar-refractivity contribution < 1.29 is 4.74 Å². The van der Waals surface area contributed by atoms with Crippen LogP contribution in [0.4, 0.5) is 17.5 Å². The Kier molecular flexibility index (Phi) is 5.58. The molecule has 0 amide bonds. The number of aromatic nitrogens is 2. The molecule has 0 saturated heterocycles. The maximum absolute atomic E-state index is 6.16. The van der Waals surface area contributed by atoms with Crippen molar-refractivity contribution >= 4 is 40.7 Å². The molecular weight excluding hydrogens is 359 g/mol. The van der Waals surface area contributed by atoms with E-state index in [1.54, 1.807) is 37.6 Å². The van der Waals surface area contributed by atoms with Gasteiger partial charge in [0.15, 0.2) is 0 Å². The Hall–Kier alpha value is -2.50. The summed E-state index contributed by atoms with van der Waals surface area (Å²) in [4.78, 5) is 8.62. The first-order valence-electron chi connectivity index (χ1n) is 7.56. The van der Waals surface area contributed by atoms with Crippen LogP contribution in [0.1, 0.15) is 5.56 Å². The van der Waals surface area contributed by atoms with E-state index in [1.807, 2.05) is 24.3 Å². The second kappa shape index (κ2) is 8.05. The van der Waals surface area contributed by atoms with E-state index in [1.165, 1.54) is 0 Å². The SMILES string of the molecule is COc1ccc(CNc2ccnc(Nc3c(Cl)cccc3Cl)n2)cc1. The van der Waals surface area contributed by atoms with E-state index in [0.29, 0.717) is 34.0 Å². The summed E-state index contributed by atoms with van der Waals surface area (Å²) in [7, 11) is 1.65. The van der Waals surface area contributed by atoms with Crippen molar-refractivity contribution in [3.63, 3.8) is 0 Å². The molecule has 25 heavy (non-hydrogen) atoms. The summed E-state index contributed by atoms with van der Waals surface area (Å²) in [5, 5.41) is 7.32. The lowest BCUT2D eigenvalue weighted by atomic mass is 10.2. The van der Waals surface area contributed by atoms with Gasteiger partial charge in [0, 0.05) is 12.7 Å². The molecular formula is C18H16Cl2N4O. The number of hydrogen-bond acceptors (Lipinski definition) is 5. The van der Waals surface area contributed by atoms with Gasteiger partial charge in [0.1, 0.15) is 11.6 Å². The number of halogens is 2. The molecule has 1 heterocycles. The first kappa shape index (κ1) is 17.3. The number of ether oxygens (including phenoxy) is 1. The standard InChI is InChI=1S/C18H16Cl2N4O/c1-25-13-7-5-12(6-8-13)11-22-16-9-10-21-18(23-16)24-17-14(19)3-2-4-15(17)20/h2-10H,11H2,1H3,(H2,21,22,23,24). The molecule has 0 spiro atoms. The zero-order valence-corrected chi connectivity index (χ0v) is 15.0. The zero-order chi connectivity index (χ0) is 17.6. The number of benzene rings is 2. The van der Waals surface area contributed by atoms with E-state index in [2.05, 4.69) is 20.6 Å². The van der Waals surface area contributed by atoms with Gasteiger partial charge in [-0.25, -0.2) is 4.98 Å². The van der Waals surface area contributed by atoms with Gasteiger partial charge in [0.2, 0.25) is 5.95 Å². The van der Waals surface area contributed by atoms with E-state index in [9.17, 15) is 0 Å². The van der Waals surface area contributed by atoms with Crippen molar-refractivity contribution in [3.05, 3.63) is 70.3 Å². The van der Waals surface area contributed by atoms with Gasteiger partial charge >= 0.3 is 0 Å². The molecule has 0 fully saturated rings. The Balaban J connectivity index is 1.68. The summed E-state index contributed by atoms with van der Waals surface area (Å²) in [5.74, 6) is 1.93. The van der Waals surface area contributed by atoms with Crippen LogP contribution < -0.4 is 15.4 Å². The van der Waals surface area contributed by atoms with Crippen LogP contribution in [0.15, 0.2) is 54.7 Å². The third kappa shape index (κ3) is 4.53. The molecule has 5 nitrogen and oxygen atoms in total. The largest absolute Gasteiger partial charge is 0.497 e. The first-order chi connectivity index (χ1) is 12.2. The molecule has 0 bridgehead atoms. The molecule has 0 radical (unpaired) electrons. The third-order valence-corrected chi connectivity index (χ3v) is 4.12. The summed E-state index contributed by atoms with van der Waals surface area (Å²) < 4.78 is 5.15. The zero-order valence-electron chi connectivity index (χ0n) is 13.5. The molecule has 0 unspecified atom stereocenters. The van der Waals surface area contributed by atoms with Crippen molar-refractivity contribution in [2.75, 3.05) is 17.7 Å². The topological polar surface area (TPSA) is 59.1 Å². The Bertz CT molecular complexity index is 836. The summed E-state index contributed by atoms with van der Waals surface area (Å²) in [6.45, 7) is 0.632. The Morgan fingerprint density at radius 3 is 2.40 bits per heavy atom. The molecule has 1 aromatic heterocycles. The van der Waals surface area contributed by atoms with Crippen molar-refractivity contribution in [2.45, 2.75) is 6.54 Å². The minimum absolute atomic E-state index is 0.412. The van der Waals surface area contributed by atoms with Gasteiger partial charge in [-0.1, -0.05) is 41.4 Å². The van der Waals surface area contributed by atoms with Gasteiger partial charge in [-0.15, -0.1) is 0 Å². The molecule has 3 aromatic rings. The molecule has 0 atom stereocenters. The second-order valence-electron chi connectivity index (χ2n) is 5.19. The fraction of sp³-hybridized carbons (Fsp3) is 0.111. The van der Waals surface area contributed by atoms with Gasteiger partial charge in [0.25, 0.3) is 0 Å². The Morgan fingerprint density at radius 2 is 1.72 bits per heavy atom. The molecule has 0 aliphatic heterocycles. The van der Waals surface area contributed by atoms with E-state index >= 15 is 0 Å². The van der Waals surface area contributed by atoms with E-state index < -0.39 is 0 Å². The van der Waals surface area contributed by atoms with E-state index in [0.717, 1.165) is 11.3 Å². The first-order valence-corrected chi connectivity index (χ1v) is 8.32. The molecule has 0 aliphatic rings. The molecule has 2 N–H and O–H groups in total. The van der Waals surface area contributed by atoms with Gasteiger partial charge in [-0.2, -0.15) is 4.98 Å². The summed E-state index contributed by atoms with van der Waals surface area (Å²) in [6, 6.07) is 14.9. The number of anilines is 3. The maximum atomic E-state index is 6.16. The highest BCUT2D eigenvalue weighted by Crippen LogP contribution is 2.31. The lowest BCUT2D eigenvalue weighted by molar-refractivity contribution is 0.414. The predicted octanol–water partition coefficient (Wildman–Crippen LogP) is 5.15. The summed E-state index contributed by atoms with van der Waals surface area (Å²) in [6.07, 6.45) is 1.66. The van der Waals surface area contributed by atoms with Crippen LogP contribution in [-0.2, 0) is 6.54 Å². The molecule has 128 valence electrons. The normalized spacial score (nSPS) is 10.4. The Labute approximate surface area is 156 Å². The van der Waals surface area contributed by atoms with Crippen LogP contribution in [0.25, 0.3) is 0 Å². The molecule has 0 saturated carbocycles. The summed E-state index contributed by atoms with van der Waals surface area (Å²) >= 11 is 12.3. The Morgan fingerprint density at radius 1 is 1.00 bits per heavy atom. The van der Waals surface area contributed by atoms with Crippen LogP contribution in [0.3, 0.4) is 0 Å². The average molecular weight is 375 g/mol. The van der Waals surface area contributed by atoms with Crippen molar-refractivity contribution in [2.24, 2.45) is 0 Å². The van der Waals surface area contributed by atoms with Crippen molar-refractivity contribution in [1.82, 2.24) is 9.97 Å². The highest BCUT2D eigenvalue weighted by molar-refractivity contribution is 6.39. The van der Waals surface area contributed by atoms with Gasteiger partial charge in [0.05, 0.1) is 22.8 Å². The van der Waals surface area contributed by atoms with Crippen LogP contribution in [0, 0.1) is 0 Å². The van der Waals surface area contributed by atoms with Crippen molar-refractivity contribution in [3.8, 4) is 5.75 Å². The monoisotopic (exact) mass is 374 g/mol. The lowest BCUT2D eigenvalue weighted by Gasteiger charge is -2.11. The summed E-state index contributed by atoms with van der Waals surface area (Å²) in [5.41, 5.74) is 1.70. The quantitative estimate of drug-likeness (QED) is 0.624. The second-order valence-corrected chi connectivity index (χ2v) is 6.00. The van der Waals surface area contributed by atoms with Gasteiger partial charge in [-0.3, -0.25) is 0 Å². The third-order valence-electron chi connectivity index (χ3n) is 3.49. The molecule has 2 aromatic carbocycles. The van der Waals surface area contributed by atoms with E-state index in [4.69, 9.17) is 27.9 Å². The molecule has 7 heteroatoms. The van der Waals surface area contributed by atoms with Gasteiger partial charge < -0.3 is 15.4 Å². The fourth-order valence-corrected chi connectivity index (χ4v) is 2.67. The average Bonchev–Trinajstić information content (AvgIpc) is 2.64. The van der Waals surface area contributed by atoms with Gasteiger partial charge in [-0.05, 0) is 35.9 Å². The van der Waals surface area contributed by atoms with Crippen LogP contribution in [0.2, 0.25) is 10.0 Å². The number of rotatable bonds is 6. The van der Waals surface area contributed by atoms with E-state index in [-0.39, 0.29) is 0 Å². The fourth-order valence-electron chi connectivity index (χ4n) is 2.18. The smallest absolute Gasteiger partial charge is 0.229 e. The highest BCUT2D eigenvalue weighted by atomic mass is 35.5. The number of nitrogens with one attached hydrogen (secondary N) is 2. The minimum atomic E-state index is 0.412. The number of hydrogen-bond donors (Lipinski definition) is 2. The number of nitrogens with zero attached hydrogens (tertiary/aromatic N) is 2. The van der Waals surface area contributed by atoms with Crippen LogP contribution in [-0.4, -0.2) is 17.1 Å². The van der Waals surface area contributed by atoms with Crippen molar-refractivity contribution in [1.29, 1.82) is 0 Å². The highest BCUT2D eigenvalue weighted by Gasteiger charge is 2.07.